The third-order valence-electron chi connectivity index (χ3n) is 11.7. The Bertz CT molecular complexity index is 1670. The lowest BCUT2D eigenvalue weighted by Gasteiger charge is -2.51. The lowest BCUT2D eigenvalue weighted by atomic mass is 9.62. The second-order valence-corrected chi connectivity index (χ2v) is 17.2. The van der Waals surface area contributed by atoms with Crippen molar-refractivity contribution in [1.82, 2.24) is 4.72 Å². The fraction of sp³-hybridized carbons (Fsp3) is 0.564. The van der Waals surface area contributed by atoms with Gasteiger partial charge >= 0.3 is 0 Å². The Morgan fingerprint density at radius 1 is 1.31 bits per heavy atom. The van der Waals surface area contributed by atoms with Crippen LogP contribution in [0.3, 0.4) is 0 Å². The van der Waals surface area contributed by atoms with Gasteiger partial charge in [0.2, 0.25) is 10.0 Å². The Kier molecular flexibility index (Phi) is 11.3. The summed E-state index contributed by atoms with van der Waals surface area (Å²) in [6, 6.07) is 5.18. The maximum atomic E-state index is 13.5. The number of aliphatic hydroxyl groups excluding tert-OH is 1. The van der Waals surface area contributed by atoms with Crippen molar-refractivity contribution in [2.24, 2.45) is 23.2 Å². The van der Waals surface area contributed by atoms with E-state index in [0.29, 0.717) is 48.9 Å². The van der Waals surface area contributed by atoms with Gasteiger partial charge in [0.05, 0.1) is 29.2 Å². The van der Waals surface area contributed by atoms with E-state index in [2.05, 4.69) is 22.8 Å². The second kappa shape index (κ2) is 14.8. The van der Waals surface area contributed by atoms with Crippen molar-refractivity contribution in [3.63, 3.8) is 0 Å². The largest absolute Gasteiger partial charge is 0.490 e. The lowest BCUT2D eigenvalue weighted by molar-refractivity contribution is -0.0942. The van der Waals surface area contributed by atoms with Crippen molar-refractivity contribution in [3.8, 4) is 5.75 Å². The Hall–Kier alpha value is -2.85. The van der Waals surface area contributed by atoms with Crippen molar-refractivity contribution in [2.75, 3.05) is 31.7 Å². The van der Waals surface area contributed by atoms with Crippen molar-refractivity contribution in [3.05, 3.63) is 83.0 Å². The number of hydrogen-bond acceptors (Lipinski definition) is 7. The number of sulfonamides is 1. The first-order valence-corrected chi connectivity index (χ1v) is 19.4. The average molecular weight is 713 g/mol. The highest BCUT2D eigenvalue weighted by Crippen LogP contribution is 2.51. The predicted octanol–water partition coefficient (Wildman–Crippen LogP) is 7.46. The molecule has 1 aromatic rings. The molecular formula is C39H53ClN2O6S. The highest BCUT2D eigenvalue weighted by molar-refractivity contribution is 7.90. The first-order valence-electron chi connectivity index (χ1n) is 17.5. The fourth-order valence-corrected chi connectivity index (χ4v) is 9.42. The molecule has 268 valence electrons. The first kappa shape index (κ1) is 37.4. The molecule has 1 spiro atoms. The number of nitrogens with one attached hydrogen (secondary N) is 1. The number of carbonyl (C=O) groups is 1. The molecule has 2 aliphatic carbocycles. The second-order valence-electron chi connectivity index (χ2n) is 14.8. The molecule has 2 heterocycles. The number of rotatable bonds is 5. The molecule has 2 saturated carbocycles. The van der Waals surface area contributed by atoms with Crippen LogP contribution in [0.4, 0.5) is 5.69 Å². The SMILES string of the molecule is C=C(C)[C@@H](O)C[C@]1(OC)/C=C/C[C@H](C)[C@@H](C)S(=O)(=O)NC(=O)c2ccc3c(c2)N(C[C@@H]2CC[C@H]21)C[C@@]1(CCC/C(=C/C(Cl)=C\C)C1=C)CO3. The number of halogens is 1. The van der Waals surface area contributed by atoms with E-state index in [9.17, 15) is 18.3 Å². The van der Waals surface area contributed by atoms with E-state index < -0.39 is 38.3 Å². The minimum atomic E-state index is -3.99. The number of benzene rings is 1. The fourth-order valence-electron chi connectivity index (χ4n) is 8.00. The zero-order valence-corrected chi connectivity index (χ0v) is 31.2. The summed E-state index contributed by atoms with van der Waals surface area (Å²) in [5.41, 5.74) is 2.61. The molecule has 0 saturated heterocycles. The van der Waals surface area contributed by atoms with Crippen LogP contribution >= 0.6 is 11.6 Å². The number of methoxy groups -OCH3 is 1. The predicted molar refractivity (Wildman–Crippen MR) is 197 cm³/mol. The van der Waals surface area contributed by atoms with Crippen molar-refractivity contribution < 1.29 is 27.8 Å². The Morgan fingerprint density at radius 3 is 2.71 bits per heavy atom. The van der Waals surface area contributed by atoms with E-state index >= 15 is 0 Å². The van der Waals surface area contributed by atoms with Crippen LogP contribution in [0.15, 0.2) is 77.4 Å². The van der Waals surface area contributed by atoms with E-state index in [4.69, 9.17) is 21.1 Å². The number of hydrogen-bond donors (Lipinski definition) is 2. The van der Waals surface area contributed by atoms with Crippen LogP contribution in [0, 0.1) is 23.2 Å². The van der Waals surface area contributed by atoms with Crippen LogP contribution in [-0.2, 0) is 14.8 Å². The van der Waals surface area contributed by atoms with Crippen molar-refractivity contribution >= 4 is 33.2 Å². The van der Waals surface area contributed by atoms with Gasteiger partial charge in [-0.15, -0.1) is 0 Å². The summed E-state index contributed by atoms with van der Waals surface area (Å²) in [4.78, 5) is 15.8. The molecule has 10 heteroatoms. The monoisotopic (exact) mass is 712 g/mol. The van der Waals surface area contributed by atoms with Gasteiger partial charge in [0.25, 0.3) is 5.91 Å². The van der Waals surface area contributed by atoms with E-state index in [1.807, 2.05) is 45.1 Å². The first-order chi connectivity index (χ1) is 23.1. The third kappa shape index (κ3) is 7.60. The topological polar surface area (TPSA) is 105 Å². The van der Waals surface area contributed by atoms with Gasteiger partial charge in [-0.1, -0.05) is 55.5 Å². The summed E-state index contributed by atoms with van der Waals surface area (Å²) in [5.74, 6) is -0.0201. The van der Waals surface area contributed by atoms with E-state index in [0.717, 1.165) is 48.9 Å². The number of allylic oxidation sites excluding steroid dienone is 5. The third-order valence-corrected chi connectivity index (χ3v) is 13.9. The zero-order valence-electron chi connectivity index (χ0n) is 29.6. The molecule has 0 radical (unpaired) electrons. The molecule has 2 aliphatic heterocycles. The van der Waals surface area contributed by atoms with Crippen LogP contribution in [0.2, 0.25) is 0 Å². The number of nitrogens with zero attached hydrogens (tertiary/aromatic N) is 1. The van der Waals surface area contributed by atoms with Gasteiger partial charge in [-0.05, 0) is 112 Å². The minimum Gasteiger partial charge on any atom is -0.490 e. The van der Waals surface area contributed by atoms with Gasteiger partial charge in [0.15, 0.2) is 0 Å². The quantitative estimate of drug-likeness (QED) is 0.306. The standard InChI is InChI=1S/C39H53ClN2O6S/c1-8-32(40)19-29-12-10-17-38(27(29)5)23-42-22-31-13-15-33(31)39(47-7,21-35(43)25(2)3)18-9-11-26(4)28(6)49(45,46)41-37(44)30-14-16-36(48-24-38)34(42)20-30/h8-9,14,16,18-20,26,28,31,33,35,43H,2,5,10-13,15,17,21-24H2,1,3-4,6-7H3,(H,41,44)/b18-9+,29-19-,32-8+/t26-,28+,31-,33+,35-,38-,39+/m0/s1. The molecule has 7 atom stereocenters. The summed E-state index contributed by atoms with van der Waals surface area (Å²) < 4.78 is 42.2. The normalized spacial score (nSPS) is 34.2. The average Bonchev–Trinajstić information content (AvgIpc) is 3.20. The Labute approximate surface area is 298 Å². The maximum Gasteiger partial charge on any atom is 0.264 e. The van der Waals surface area contributed by atoms with Crippen LogP contribution in [-0.4, -0.2) is 63.2 Å². The van der Waals surface area contributed by atoms with E-state index in [1.165, 1.54) is 0 Å². The summed E-state index contributed by atoms with van der Waals surface area (Å²) >= 11 is 6.48. The molecule has 0 unspecified atom stereocenters. The molecule has 2 bridgehead atoms. The number of anilines is 1. The number of fused-ring (bicyclic) bond motifs is 2. The van der Waals surface area contributed by atoms with E-state index in [1.54, 1.807) is 32.2 Å². The molecule has 8 nitrogen and oxygen atoms in total. The smallest absolute Gasteiger partial charge is 0.264 e. The summed E-state index contributed by atoms with van der Waals surface area (Å²) in [7, 11) is -2.30. The van der Waals surface area contributed by atoms with Crippen molar-refractivity contribution in [1.29, 1.82) is 0 Å². The minimum absolute atomic E-state index is 0.0840. The molecule has 1 amide bonds. The molecule has 49 heavy (non-hydrogen) atoms. The van der Waals surface area contributed by atoms with E-state index in [-0.39, 0.29) is 23.3 Å². The van der Waals surface area contributed by atoms with Gasteiger partial charge < -0.3 is 19.5 Å². The highest BCUT2D eigenvalue weighted by Gasteiger charge is 2.50. The Balaban J connectivity index is 1.62. The van der Waals surface area contributed by atoms with Crippen molar-refractivity contribution in [2.45, 2.75) is 89.6 Å². The highest BCUT2D eigenvalue weighted by atomic mass is 35.5. The number of aliphatic hydroxyl groups is 1. The van der Waals surface area contributed by atoms with Gasteiger partial charge in [-0.2, -0.15) is 0 Å². The van der Waals surface area contributed by atoms with Crippen LogP contribution in [0.5, 0.6) is 5.75 Å². The molecule has 0 aromatic heterocycles. The molecule has 1 aromatic carbocycles. The van der Waals surface area contributed by atoms with Gasteiger partial charge in [0, 0.05) is 42.6 Å². The van der Waals surface area contributed by atoms with Gasteiger partial charge in [-0.25, -0.2) is 13.1 Å². The van der Waals surface area contributed by atoms with Gasteiger partial charge in [0.1, 0.15) is 5.75 Å². The molecular weight excluding hydrogens is 660 g/mol. The van der Waals surface area contributed by atoms with Crippen LogP contribution in [0.25, 0.3) is 0 Å². The number of ether oxygens (including phenoxy) is 2. The lowest BCUT2D eigenvalue weighted by Crippen LogP contribution is -2.53. The molecule has 2 N–H and O–H groups in total. The zero-order chi connectivity index (χ0) is 35.7. The maximum absolute atomic E-state index is 13.5. The number of carbonyl (C=O) groups excluding carboxylic acids is 1. The number of amides is 1. The summed E-state index contributed by atoms with van der Waals surface area (Å²) in [5, 5.41) is 11.0. The molecule has 2 fully saturated rings. The van der Waals surface area contributed by atoms with Gasteiger partial charge in [-0.3, -0.25) is 4.79 Å². The van der Waals surface area contributed by atoms with Crippen LogP contribution < -0.4 is 14.4 Å². The Morgan fingerprint density at radius 2 is 2.06 bits per heavy atom. The summed E-state index contributed by atoms with van der Waals surface area (Å²) in [6.07, 6.45) is 12.6. The van der Waals surface area contributed by atoms with Crippen LogP contribution in [0.1, 0.15) is 83.0 Å². The molecule has 5 rings (SSSR count). The molecule has 4 aliphatic rings. The summed E-state index contributed by atoms with van der Waals surface area (Å²) in [6.45, 7) is 17.5.